The maximum Gasteiger partial charge on any atom is 0.417 e. The molecule has 1 unspecified atom stereocenters. The Morgan fingerprint density at radius 1 is 1.35 bits per heavy atom. The Kier molecular flexibility index (Phi) is 3.59. The topological polar surface area (TPSA) is 43.1 Å². The van der Waals surface area contributed by atoms with Crippen LogP contribution in [0.1, 0.15) is 30.9 Å². The van der Waals surface area contributed by atoms with Crippen LogP contribution in [0.2, 0.25) is 0 Å². The third-order valence-electron chi connectivity index (χ3n) is 2.35. The Bertz CT molecular complexity index is 518. The molecule has 0 aromatic heterocycles. The molecule has 0 spiro atoms. The predicted octanol–water partition coefficient (Wildman–Crippen LogP) is 2.78. The zero-order valence-electron chi connectivity index (χ0n) is 9.54. The molecule has 2 N–H and O–H groups in total. The van der Waals surface area contributed by atoms with Gasteiger partial charge in [-0.3, -0.25) is 5.14 Å². The van der Waals surface area contributed by atoms with E-state index in [2.05, 4.69) is 5.87 Å². The number of hydrogen-bond acceptors (Lipinski definition) is 1. The fourth-order valence-electron chi connectivity index (χ4n) is 1.43. The Labute approximate surface area is 98.8 Å². The summed E-state index contributed by atoms with van der Waals surface area (Å²) < 4.78 is 49.9. The molecule has 0 heterocycles. The molecule has 0 saturated carbocycles. The van der Waals surface area contributed by atoms with Gasteiger partial charge >= 0.3 is 6.18 Å². The number of alkyl halides is 3. The molecule has 17 heavy (non-hydrogen) atoms. The average molecular weight is 265 g/mol. The minimum atomic E-state index is -4.58. The van der Waals surface area contributed by atoms with Crippen LogP contribution in [-0.4, -0.2) is 10.1 Å². The Hall–Kier alpha value is -1.01. The molecule has 0 fully saturated rings. The van der Waals surface area contributed by atoms with Crippen molar-refractivity contribution in [2.24, 2.45) is 5.14 Å². The number of halogens is 3. The highest BCUT2D eigenvalue weighted by atomic mass is 32.2. The van der Waals surface area contributed by atoms with Gasteiger partial charge in [-0.15, -0.1) is 0 Å². The van der Waals surface area contributed by atoms with Gasteiger partial charge in [-0.1, -0.05) is 19.9 Å². The van der Waals surface area contributed by atoms with Crippen molar-refractivity contribution in [3.05, 3.63) is 29.3 Å². The van der Waals surface area contributed by atoms with Crippen molar-refractivity contribution >= 4 is 15.6 Å². The van der Waals surface area contributed by atoms with Crippen molar-refractivity contribution in [2.75, 3.05) is 0 Å². The standard InChI is InChI=1S/C11H14F3NOS/c1-7(2)8-4-5-10(17(3,15)16)9(6-8)11(12,13)14/h4-7H,3H2,1-2H3,(H2,15,16). The molecular formula is C11H14F3NOS. The van der Waals surface area contributed by atoms with E-state index in [0.717, 1.165) is 12.1 Å². The van der Waals surface area contributed by atoms with Gasteiger partial charge in [0.05, 0.1) is 20.2 Å². The first-order valence-electron chi connectivity index (χ1n) is 4.89. The van der Waals surface area contributed by atoms with Crippen LogP contribution in [0, 0.1) is 0 Å². The molecule has 2 nitrogen and oxygen atoms in total. The molecule has 0 aliphatic heterocycles. The van der Waals surface area contributed by atoms with Crippen LogP contribution in [0.3, 0.4) is 0 Å². The lowest BCUT2D eigenvalue weighted by molar-refractivity contribution is -0.139. The quantitative estimate of drug-likeness (QED) is 0.821. The van der Waals surface area contributed by atoms with Gasteiger partial charge in [0.25, 0.3) is 0 Å². The Balaban J connectivity index is 3.55. The highest BCUT2D eigenvalue weighted by molar-refractivity contribution is 7.98. The monoisotopic (exact) mass is 265 g/mol. The Morgan fingerprint density at radius 2 is 1.88 bits per heavy atom. The van der Waals surface area contributed by atoms with Crippen molar-refractivity contribution in [3.8, 4) is 0 Å². The van der Waals surface area contributed by atoms with E-state index in [1.165, 1.54) is 6.07 Å². The van der Waals surface area contributed by atoms with E-state index in [-0.39, 0.29) is 5.92 Å². The van der Waals surface area contributed by atoms with Gasteiger partial charge in [-0.2, -0.15) is 13.2 Å². The molecule has 96 valence electrons. The van der Waals surface area contributed by atoms with Crippen LogP contribution >= 0.6 is 0 Å². The van der Waals surface area contributed by atoms with E-state index in [9.17, 15) is 17.4 Å². The van der Waals surface area contributed by atoms with Crippen LogP contribution in [0.5, 0.6) is 0 Å². The van der Waals surface area contributed by atoms with Crippen LogP contribution < -0.4 is 5.14 Å². The maximum atomic E-state index is 12.8. The minimum absolute atomic E-state index is 0.0520. The van der Waals surface area contributed by atoms with E-state index >= 15 is 0 Å². The van der Waals surface area contributed by atoms with Crippen molar-refractivity contribution in [2.45, 2.75) is 30.8 Å². The van der Waals surface area contributed by atoms with Crippen molar-refractivity contribution in [3.63, 3.8) is 0 Å². The van der Waals surface area contributed by atoms with Crippen molar-refractivity contribution in [1.29, 1.82) is 0 Å². The third-order valence-corrected chi connectivity index (χ3v) is 3.45. The first-order valence-corrected chi connectivity index (χ1v) is 6.68. The molecule has 0 saturated heterocycles. The van der Waals surface area contributed by atoms with Crippen molar-refractivity contribution < 1.29 is 17.4 Å². The van der Waals surface area contributed by atoms with Gasteiger partial charge in [-0.25, -0.2) is 4.21 Å². The minimum Gasteiger partial charge on any atom is -0.256 e. The van der Waals surface area contributed by atoms with E-state index in [0.29, 0.717) is 5.56 Å². The van der Waals surface area contributed by atoms with E-state index in [1.54, 1.807) is 13.8 Å². The summed E-state index contributed by atoms with van der Waals surface area (Å²) in [6.45, 7) is 3.55. The summed E-state index contributed by atoms with van der Waals surface area (Å²) in [7, 11) is -3.38. The van der Waals surface area contributed by atoms with E-state index in [1.807, 2.05) is 0 Å². The van der Waals surface area contributed by atoms with Gasteiger partial charge in [-0.05, 0) is 29.5 Å². The SMILES string of the molecule is C=S(N)(=O)c1ccc(C(C)C)cc1C(F)(F)F. The normalized spacial score (nSPS) is 15.9. The Morgan fingerprint density at radius 3 is 2.24 bits per heavy atom. The molecule has 0 aliphatic carbocycles. The van der Waals surface area contributed by atoms with Crippen LogP contribution in [-0.2, 0) is 15.9 Å². The fraction of sp³-hybridized carbons (Fsp3) is 0.364. The number of benzene rings is 1. The van der Waals surface area contributed by atoms with Gasteiger partial charge in [0, 0.05) is 0 Å². The lowest BCUT2D eigenvalue weighted by Crippen LogP contribution is -2.19. The summed E-state index contributed by atoms with van der Waals surface area (Å²) in [5, 5.41) is 5.20. The molecular weight excluding hydrogens is 251 g/mol. The second kappa shape index (κ2) is 4.34. The molecule has 6 heteroatoms. The van der Waals surface area contributed by atoms with E-state index < -0.39 is 26.3 Å². The highest BCUT2D eigenvalue weighted by Crippen LogP contribution is 2.35. The molecule has 1 aromatic carbocycles. The van der Waals surface area contributed by atoms with Gasteiger partial charge in [0.15, 0.2) is 0 Å². The smallest absolute Gasteiger partial charge is 0.256 e. The van der Waals surface area contributed by atoms with Crippen LogP contribution in [0.4, 0.5) is 13.2 Å². The number of rotatable bonds is 2. The summed E-state index contributed by atoms with van der Waals surface area (Å²) >= 11 is 0. The van der Waals surface area contributed by atoms with Gasteiger partial charge in [0.2, 0.25) is 0 Å². The first-order chi connectivity index (χ1) is 7.53. The summed E-state index contributed by atoms with van der Waals surface area (Å²) in [5.41, 5.74) is -0.448. The second-order valence-electron chi connectivity index (χ2n) is 4.13. The van der Waals surface area contributed by atoms with Crippen molar-refractivity contribution in [1.82, 2.24) is 0 Å². The zero-order chi connectivity index (χ0) is 13.4. The predicted molar refractivity (Wildman–Crippen MR) is 63.2 cm³/mol. The fourth-order valence-corrected chi connectivity index (χ4v) is 2.27. The average Bonchev–Trinajstić information content (AvgIpc) is 2.14. The molecule has 1 rings (SSSR count). The summed E-state index contributed by atoms with van der Waals surface area (Å²) in [4.78, 5) is -0.450. The zero-order valence-corrected chi connectivity index (χ0v) is 10.4. The van der Waals surface area contributed by atoms with Gasteiger partial charge < -0.3 is 0 Å². The highest BCUT2D eigenvalue weighted by Gasteiger charge is 2.35. The van der Waals surface area contributed by atoms with Gasteiger partial charge in [0.1, 0.15) is 0 Å². The summed E-state index contributed by atoms with van der Waals surface area (Å²) in [5.74, 6) is 3.04. The van der Waals surface area contributed by atoms with Crippen LogP contribution in [0.25, 0.3) is 0 Å². The number of hydrogen-bond donors (Lipinski definition) is 1. The third kappa shape index (κ3) is 3.23. The molecule has 0 aliphatic rings. The summed E-state index contributed by atoms with van der Waals surface area (Å²) in [6.07, 6.45) is -4.58. The lowest BCUT2D eigenvalue weighted by Gasteiger charge is -2.16. The summed E-state index contributed by atoms with van der Waals surface area (Å²) in [6, 6.07) is 3.62. The largest absolute Gasteiger partial charge is 0.417 e. The first kappa shape index (κ1) is 14.1. The molecule has 1 aromatic rings. The molecule has 0 bridgehead atoms. The maximum absolute atomic E-state index is 12.8. The molecule has 1 atom stereocenters. The lowest BCUT2D eigenvalue weighted by atomic mass is 10.0. The van der Waals surface area contributed by atoms with Crippen LogP contribution in [0.15, 0.2) is 23.1 Å². The second-order valence-corrected chi connectivity index (χ2v) is 6.03. The van der Waals surface area contributed by atoms with E-state index in [4.69, 9.17) is 5.14 Å². The molecule has 0 amide bonds. The number of nitrogens with two attached hydrogens (primary N) is 1. The molecule has 0 radical (unpaired) electrons.